The molecule has 1 rings (SSSR count). The molecule has 3 heteroatoms. The van der Waals surface area contributed by atoms with Gasteiger partial charge in [0.25, 0.3) is 0 Å². The molecule has 0 amide bonds. The van der Waals surface area contributed by atoms with Gasteiger partial charge >= 0.3 is 0 Å². The van der Waals surface area contributed by atoms with Crippen molar-refractivity contribution in [2.24, 2.45) is 0 Å². The molecule has 8 heavy (non-hydrogen) atoms. The molecule has 0 aromatic carbocycles. The lowest BCUT2D eigenvalue weighted by molar-refractivity contribution is 0.336. The summed E-state index contributed by atoms with van der Waals surface area (Å²) in [6.07, 6.45) is 0.629. The van der Waals surface area contributed by atoms with Crippen molar-refractivity contribution in [2.45, 2.75) is 19.0 Å². The van der Waals surface area contributed by atoms with E-state index in [0.29, 0.717) is 12.2 Å². The highest BCUT2D eigenvalue weighted by molar-refractivity contribution is 7.85. The summed E-state index contributed by atoms with van der Waals surface area (Å²) in [6, 6.07) is 0. The van der Waals surface area contributed by atoms with Gasteiger partial charge in [-0.1, -0.05) is 0 Å². The zero-order valence-corrected chi connectivity index (χ0v) is 5.42. The fourth-order valence-electron chi connectivity index (χ4n) is 0.834. The van der Waals surface area contributed by atoms with Gasteiger partial charge in [0.2, 0.25) is 0 Å². The average molecular weight is 136 g/mol. The molecule has 1 unspecified atom stereocenters. The molecule has 0 spiro atoms. The van der Waals surface area contributed by atoms with E-state index in [2.05, 4.69) is 0 Å². The van der Waals surface area contributed by atoms with Gasteiger partial charge in [-0.25, -0.2) is 4.39 Å². The van der Waals surface area contributed by atoms with Crippen molar-refractivity contribution in [3.05, 3.63) is 0 Å². The third-order valence-corrected chi connectivity index (χ3v) is 2.73. The predicted molar refractivity (Wildman–Crippen MR) is 32.0 cm³/mol. The van der Waals surface area contributed by atoms with Crippen molar-refractivity contribution >= 4 is 10.8 Å². The largest absolute Gasteiger partial charge is 0.259 e. The molecule has 0 saturated carbocycles. The maximum atomic E-state index is 12.2. The molecule has 0 radical (unpaired) electrons. The molecule has 1 fully saturated rings. The highest BCUT2D eigenvalue weighted by Crippen LogP contribution is 2.10. The first-order valence-electron chi connectivity index (χ1n) is 2.78. The summed E-state index contributed by atoms with van der Waals surface area (Å²) in [5.41, 5.74) is 0. The Balaban J connectivity index is 2.34. The minimum absolute atomic E-state index is 0.278. The van der Waals surface area contributed by atoms with E-state index in [1.54, 1.807) is 0 Å². The molecule has 2 atom stereocenters. The molecule has 1 saturated heterocycles. The van der Waals surface area contributed by atoms with Gasteiger partial charge < -0.3 is 0 Å². The number of halogens is 1. The van der Waals surface area contributed by atoms with Crippen LogP contribution < -0.4 is 0 Å². The lowest BCUT2D eigenvalue weighted by Crippen LogP contribution is -2.20. The first kappa shape index (κ1) is 6.20. The van der Waals surface area contributed by atoms with E-state index in [1.165, 1.54) is 0 Å². The highest BCUT2D eigenvalue weighted by atomic mass is 32.2. The Morgan fingerprint density at radius 1 is 1.62 bits per heavy atom. The monoisotopic (exact) mass is 136 g/mol. The van der Waals surface area contributed by atoms with Crippen LogP contribution in [0.4, 0.5) is 4.39 Å². The number of rotatable bonds is 0. The molecule has 0 aliphatic carbocycles. The van der Waals surface area contributed by atoms with Gasteiger partial charge in [-0.2, -0.15) is 0 Å². The molecular weight excluding hydrogens is 127 g/mol. The summed E-state index contributed by atoms with van der Waals surface area (Å²) < 4.78 is 22.8. The molecule has 0 aromatic heterocycles. The van der Waals surface area contributed by atoms with Crippen molar-refractivity contribution in [1.82, 2.24) is 0 Å². The van der Waals surface area contributed by atoms with E-state index >= 15 is 0 Å². The standard InChI is InChI=1S/C5H9FOS/c6-5-2-1-3-8(7)4-5/h5H,1-4H2/t5-,8?/m1/s1. The second-order valence-corrected chi connectivity index (χ2v) is 3.67. The van der Waals surface area contributed by atoms with E-state index in [1.807, 2.05) is 0 Å². The summed E-state index contributed by atoms with van der Waals surface area (Å²) in [5, 5.41) is 0. The molecule has 1 aliphatic rings. The predicted octanol–water partition coefficient (Wildman–Crippen LogP) is 0.867. The van der Waals surface area contributed by atoms with Crippen LogP contribution in [-0.2, 0) is 10.8 Å². The van der Waals surface area contributed by atoms with Crippen LogP contribution in [0, 0.1) is 0 Å². The van der Waals surface area contributed by atoms with E-state index in [4.69, 9.17) is 0 Å². The first-order chi connectivity index (χ1) is 3.79. The van der Waals surface area contributed by atoms with Crippen LogP contribution in [0.15, 0.2) is 0 Å². The fraction of sp³-hybridized carbons (Fsp3) is 1.00. The Hall–Kier alpha value is 0.0800. The van der Waals surface area contributed by atoms with Crippen LogP contribution in [-0.4, -0.2) is 21.9 Å². The summed E-state index contributed by atoms with van der Waals surface area (Å²) in [6.45, 7) is 0. The second kappa shape index (κ2) is 2.58. The van der Waals surface area contributed by atoms with E-state index in [0.717, 1.165) is 6.42 Å². The van der Waals surface area contributed by atoms with E-state index in [-0.39, 0.29) is 5.75 Å². The fourth-order valence-corrected chi connectivity index (χ4v) is 2.06. The lowest BCUT2D eigenvalue weighted by atomic mass is 10.2. The topological polar surface area (TPSA) is 17.1 Å². The van der Waals surface area contributed by atoms with E-state index in [9.17, 15) is 8.60 Å². The normalized spacial score (nSPS) is 39.6. The quantitative estimate of drug-likeness (QED) is 0.483. The molecule has 0 N–H and O–H groups in total. The van der Waals surface area contributed by atoms with Crippen LogP contribution in [0.2, 0.25) is 0 Å². The molecule has 1 heterocycles. The van der Waals surface area contributed by atoms with Gasteiger partial charge in [0.15, 0.2) is 0 Å². The lowest BCUT2D eigenvalue weighted by Gasteiger charge is -2.12. The third kappa shape index (κ3) is 1.54. The Morgan fingerprint density at radius 3 is 2.75 bits per heavy atom. The Labute approximate surface area is 50.7 Å². The number of alkyl halides is 1. The zero-order chi connectivity index (χ0) is 5.98. The smallest absolute Gasteiger partial charge is 0.112 e. The summed E-state index contributed by atoms with van der Waals surface area (Å²) in [4.78, 5) is 0. The average Bonchev–Trinajstić information content (AvgIpc) is 1.64. The highest BCUT2D eigenvalue weighted by Gasteiger charge is 2.16. The van der Waals surface area contributed by atoms with Gasteiger partial charge in [0, 0.05) is 16.6 Å². The maximum Gasteiger partial charge on any atom is 0.112 e. The van der Waals surface area contributed by atoms with Crippen molar-refractivity contribution in [3.63, 3.8) is 0 Å². The Bertz CT molecular complexity index is 105. The van der Waals surface area contributed by atoms with Gasteiger partial charge in [0.1, 0.15) is 6.17 Å². The van der Waals surface area contributed by atoms with E-state index < -0.39 is 17.0 Å². The van der Waals surface area contributed by atoms with Gasteiger partial charge in [-0.15, -0.1) is 0 Å². The van der Waals surface area contributed by atoms with Crippen molar-refractivity contribution < 1.29 is 8.60 Å². The Kier molecular flexibility index (Phi) is 2.00. The molecule has 48 valence electrons. The summed E-state index contributed by atoms with van der Waals surface area (Å²) >= 11 is 0. The molecular formula is C5H9FOS. The third-order valence-electron chi connectivity index (χ3n) is 1.26. The molecule has 0 aromatic rings. The molecule has 1 nitrogen and oxygen atoms in total. The minimum Gasteiger partial charge on any atom is -0.259 e. The van der Waals surface area contributed by atoms with Crippen LogP contribution in [0.25, 0.3) is 0 Å². The van der Waals surface area contributed by atoms with Crippen molar-refractivity contribution in [1.29, 1.82) is 0 Å². The zero-order valence-electron chi connectivity index (χ0n) is 4.60. The van der Waals surface area contributed by atoms with Gasteiger partial charge in [-0.05, 0) is 12.8 Å². The van der Waals surface area contributed by atoms with Crippen LogP contribution in [0.5, 0.6) is 0 Å². The van der Waals surface area contributed by atoms with Crippen molar-refractivity contribution in [3.8, 4) is 0 Å². The van der Waals surface area contributed by atoms with Crippen LogP contribution >= 0.6 is 0 Å². The maximum absolute atomic E-state index is 12.2. The number of hydrogen-bond donors (Lipinski definition) is 0. The van der Waals surface area contributed by atoms with Crippen molar-refractivity contribution in [2.75, 3.05) is 11.5 Å². The summed E-state index contributed by atoms with van der Waals surface area (Å²) in [5.74, 6) is 0.987. The Morgan fingerprint density at radius 2 is 2.38 bits per heavy atom. The first-order valence-corrected chi connectivity index (χ1v) is 4.27. The SMILES string of the molecule is O=S1CCC[C@@H](F)C1. The van der Waals surface area contributed by atoms with Gasteiger partial charge in [0.05, 0.1) is 5.75 Å². The van der Waals surface area contributed by atoms with Gasteiger partial charge in [-0.3, -0.25) is 4.21 Å². The van der Waals surface area contributed by atoms with Crippen LogP contribution in [0.3, 0.4) is 0 Å². The minimum atomic E-state index is -0.845. The summed E-state index contributed by atoms with van der Waals surface area (Å²) in [7, 11) is -0.845. The van der Waals surface area contributed by atoms with Crippen LogP contribution in [0.1, 0.15) is 12.8 Å². The number of hydrogen-bond acceptors (Lipinski definition) is 1. The molecule has 1 aliphatic heterocycles. The second-order valence-electron chi connectivity index (χ2n) is 2.05. The molecule has 0 bridgehead atoms.